The standard InChI is InChI=1S/C17H28O2/c1-4-5-8-15(16(13-18)11-14(2)3)12-17-9-6-7-10-19-17/h5,8,11,17-18H,4,6-7,9-10,12-13H2,1-3H3/b8-5-,16-15-. The lowest BCUT2D eigenvalue weighted by Gasteiger charge is -2.23. The van der Waals surface area contributed by atoms with Crippen molar-refractivity contribution in [3.63, 3.8) is 0 Å². The molecule has 2 nitrogen and oxygen atoms in total. The third-order valence-corrected chi connectivity index (χ3v) is 3.32. The Bertz CT molecular complexity index is 340. The molecular weight excluding hydrogens is 236 g/mol. The van der Waals surface area contributed by atoms with Crippen molar-refractivity contribution in [1.29, 1.82) is 0 Å². The minimum Gasteiger partial charge on any atom is -0.392 e. The fourth-order valence-electron chi connectivity index (χ4n) is 2.37. The van der Waals surface area contributed by atoms with Crippen LogP contribution in [0.2, 0.25) is 0 Å². The fraction of sp³-hybridized carbons (Fsp3) is 0.647. The van der Waals surface area contributed by atoms with Crippen molar-refractivity contribution in [3.8, 4) is 0 Å². The molecule has 1 aliphatic rings. The summed E-state index contributed by atoms with van der Waals surface area (Å²) in [4.78, 5) is 0. The van der Waals surface area contributed by atoms with Gasteiger partial charge in [-0.25, -0.2) is 0 Å². The van der Waals surface area contributed by atoms with E-state index in [0.717, 1.165) is 31.4 Å². The van der Waals surface area contributed by atoms with E-state index in [1.807, 2.05) is 0 Å². The van der Waals surface area contributed by atoms with E-state index in [2.05, 4.69) is 39.0 Å². The molecule has 1 N–H and O–H groups in total. The van der Waals surface area contributed by atoms with Gasteiger partial charge in [0, 0.05) is 6.61 Å². The zero-order valence-corrected chi connectivity index (χ0v) is 12.6. The van der Waals surface area contributed by atoms with Gasteiger partial charge in [0.05, 0.1) is 12.7 Å². The quantitative estimate of drug-likeness (QED) is 0.730. The molecule has 0 radical (unpaired) electrons. The van der Waals surface area contributed by atoms with Crippen LogP contribution in [0.5, 0.6) is 0 Å². The van der Waals surface area contributed by atoms with Crippen LogP contribution in [0.4, 0.5) is 0 Å². The van der Waals surface area contributed by atoms with Crippen LogP contribution in [0.1, 0.15) is 52.9 Å². The molecule has 1 heterocycles. The Labute approximate surface area is 117 Å². The lowest BCUT2D eigenvalue weighted by molar-refractivity contribution is 0.0171. The Morgan fingerprint density at radius 2 is 2.05 bits per heavy atom. The summed E-state index contributed by atoms with van der Waals surface area (Å²) in [5.41, 5.74) is 3.47. The highest BCUT2D eigenvalue weighted by Gasteiger charge is 2.16. The van der Waals surface area contributed by atoms with Crippen molar-refractivity contribution >= 4 is 0 Å². The van der Waals surface area contributed by atoms with Crippen LogP contribution < -0.4 is 0 Å². The van der Waals surface area contributed by atoms with Crippen LogP contribution >= 0.6 is 0 Å². The van der Waals surface area contributed by atoms with Gasteiger partial charge in [-0.2, -0.15) is 0 Å². The molecule has 1 rings (SSSR count). The Morgan fingerprint density at radius 3 is 2.58 bits per heavy atom. The van der Waals surface area contributed by atoms with E-state index in [9.17, 15) is 5.11 Å². The summed E-state index contributed by atoms with van der Waals surface area (Å²) < 4.78 is 5.82. The number of hydrogen-bond acceptors (Lipinski definition) is 2. The summed E-state index contributed by atoms with van der Waals surface area (Å²) in [6, 6.07) is 0. The van der Waals surface area contributed by atoms with E-state index in [-0.39, 0.29) is 6.61 Å². The van der Waals surface area contributed by atoms with Crippen molar-refractivity contribution < 1.29 is 9.84 Å². The second-order valence-electron chi connectivity index (χ2n) is 5.43. The predicted molar refractivity (Wildman–Crippen MR) is 81.2 cm³/mol. The van der Waals surface area contributed by atoms with Gasteiger partial charge in [-0.05, 0) is 57.1 Å². The molecule has 19 heavy (non-hydrogen) atoms. The maximum Gasteiger partial charge on any atom is 0.0684 e. The number of aliphatic hydroxyl groups excluding tert-OH is 1. The van der Waals surface area contributed by atoms with Crippen molar-refractivity contribution in [1.82, 2.24) is 0 Å². The van der Waals surface area contributed by atoms with Crippen LogP contribution in [0, 0.1) is 0 Å². The van der Waals surface area contributed by atoms with E-state index in [1.165, 1.54) is 24.0 Å². The summed E-state index contributed by atoms with van der Waals surface area (Å²) >= 11 is 0. The van der Waals surface area contributed by atoms with Gasteiger partial charge in [-0.1, -0.05) is 30.7 Å². The Morgan fingerprint density at radius 1 is 1.26 bits per heavy atom. The molecule has 0 aromatic rings. The molecule has 1 aliphatic heterocycles. The number of ether oxygens (including phenoxy) is 1. The number of aliphatic hydroxyl groups is 1. The Balaban J connectivity index is 2.87. The molecule has 0 saturated carbocycles. The summed E-state index contributed by atoms with van der Waals surface area (Å²) in [7, 11) is 0. The van der Waals surface area contributed by atoms with E-state index in [1.54, 1.807) is 0 Å². The maximum absolute atomic E-state index is 9.60. The second kappa shape index (κ2) is 9.11. The van der Waals surface area contributed by atoms with E-state index in [0.29, 0.717) is 6.10 Å². The molecule has 2 heteroatoms. The third-order valence-electron chi connectivity index (χ3n) is 3.32. The van der Waals surface area contributed by atoms with Gasteiger partial charge in [0.15, 0.2) is 0 Å². The minimum atomic E-state index is 0.0985. The van der Waals surface area contributed by atoms with Crippen molar-refractivity contribution in [2.75, 3.05) is 13.2 Å². The van der Waals surface area contributed by atoms with Gasteiger partial charge in [0.25, 0.3) is 0 Å². The molecule has 1 fully saturated rings. The third kappa shape index (κ3) is 6.22. The van der Waals surface area contributed by atoms with Gasteiger partial charge in [-0.15, -0.1) is 0 Å². The monoisotopic (exact) mass is 264 g/mol. The molecule has 1 atom stereocenters. The fourth-order valence-corrected chi connectivity index (χ4v) is 2.37. The number of allylic oxidation sites excluding steroid dienone is 3. The first-order valence-corrected chi connectivity index (χ1v) is 7.43. The Kier molecular flexibility index (Phi) is 7.76. The lowest BCUT2D eigenvalue weighted by atomic mass is 9.96. The molecule has 0 spiro atoms. The zero-order valence-electron chi connectivity index (χ0n) is 12.6. The molecule has 1 saturated heterocycles. The number of hydrogen-bond donors (Lipinski definition) is 1. The van der Waals surface area contributed by atoms with Crippen LogP contribution in [0.15, 0.2) is 34.9 Å². The Hall–Kier alpha value is -0.860. The minimum absolute atomic E-state index is 0.0985. The van der Waals surface area contributed by atoms with Gasteiger partial charge in [0.1, 0.15) is 0 Å². The summed E-state index contributed by atoms with van der Waals surface area (Å²) in [5.74, 6) is 0. The van der Waals surface area contributed by atoms with E-state index >= 15 is 0 Å². The van der Waals surface area contributed by atoms with Gasteiger partial charge in [-0.3, -0.25) is 0 Å². The highest BCUT2D eigenvalue weighted by Crippen LogP contribution is 2.23. The van der Waals surface area contributed by atoms with Crippen molar-refractivity contribution in [2.45, 2.75) is 59.0 Å². The first kappa shape index (κ1) is 16.2. The lowest BCUT2D eigenvalue weighted by Crippen LogP contribution is -2.19. The molecule has 0 bridgehead atoms. The molecular formula is C17H28O2. The topological polar surface area (TPSA) is 29.5 Å². The van der Waals surface area contributed by atoms with Crippen molar-refractivity contribution in [2.24, 2.45) is 0 Å². The van der Waals surface area contributed by atoms with Crippen LogP contribution in [0.3, 0.4) is 0 Å². The van der Waals surface area contributed by atoms with Gasteiger partial charge in [0.2, 0.25) is 0 Å². The largest absolute Gasteiger partial charge is 0.392 e. The van der Waals surface area contributed by atoms with E-state index in [4.69, 9.17) is 4.74 Å². The molecule has 0 aromatic heterocycles. The van der Waals surface area contributed by atoms with Crippen LogP contribution in [-0.2, 0) is 4.74 Å². The van der Waals surface area contributed by atoms with E-state index < -0.39 is 0 Å². The first-order valence-electron chi connectivity index (χ1n) is 7.43. The molecule has 0 aliphatic carbocycles. The zero-order chi connectivity index (χ0) is 14.1. The van der Waals surface area contributed by atoms with Crippen molar-refractivity contribution in [3.05, 3.63) is 34.9 Å². The SMILES string of the molecule is CC/C=C\C(CC1CCCCO1)=C(/C=C(C)C)CO. The highest BCUT2D eigenvalue weighted by molar-refractivity contribution is 5.35. The van der Waals surface area contributed by atoms with Gasteiger partial charge < -0.3 is 9.84 Å². The smallest absolute Gasteiger partial charge is 0.0684 e. The normalized spacial score (nSPS) is 21.4. The summed E-state index contributed by atoms with van der Waals surface area (Å²) in [5, 5.41) is 9.60. The maximum atomic E-state index is 9.60. The second-order valence-corrected chi connectivity index (χ2v) is 5.43. The average molecular weight is 264 g/mol. The molecule has 0 aromatic carbocycles. The predicted octanol–water partition coefficient (Wildman–Crippen LogP) is 4.17. The molecule has 1 unspecified atom stereocenters. The average Bonchev–Trinajstić information content (AvgIpc) is 2.42. The number of rotatable bonds is 6. The summed E-state index contributed by atoms with van der Waals surface area (Å²) in [6.07, 6.45) is 12.2. The van der Waals surface area contributed by atoms with Crippen LogP contribution in [-0.4, -0.2) is 24.4 Å². The molecule has 0 amide bonds. The first-order chi connectivity index (χ1) is 9.17. The van der Waals surface area contributed by atoms with Crippen LogP contribution in [0.25, 0.3) is 0 Å². The highest BCUT2D eigenvalue weighted by atomic mass is 16.5. The van der Waals surface area contributed by atoms with Gasteiger partial charge >= 0.3 is 0 Å². The summed E-state index contributed by atoms with van der Waals surface area (Å²) in [6.45, 7) is 7.24. The molecule has 108 valence electrons.